The van der Waals surface area contributed by atoms with Crippen molar-refractivity contribution in [1.29, 1.82) is 0 Å². The number of hydrogen-bond donors (Lipinski definition) is 1. The highest BCUT2D eigenvalue weighted by atomic mass is 79.9. The van der Waals surface area contributed by atoms with E-state index < -0.39 is 0 Å². The van der Waals surface area contributed by atoms with Gasteiger partial charge in [0, 0.05) is 6.04 Å². The van der Waals surface area contributed by atoms with E-state index in [0.717, 1.165) is 48.1 Å². The number of hydrogen-bond acceptors (Lipinski definition) is 3. The number of aryl methyl sites for hydroxylation is 1. The van der Waals surface area contributed by atoms with Crippen molar-refractivity contribution < 1.29 is 4.79 Å². The van der Waals surface area contributed by atoms with Gasteiger partial charge in [0.2, 0.25) is 0 Å². The van der Waals surface area contributed by atoms with Crippen LogP contribution in [0.15, 0.2) is 4.47 Å². The number of unbranched alkanes of at least 4 members (excludes halogenated alkanes) is 1. The molecule has 1 aromatic heterocycles. The first-order valence-electron chi connectivity index (χ1n) is 7.41. The molecule has 5 heteroatoms. The molecule has 0 saturated carbocycles. The normalized spacial score (nSPS) is 26.1. The molecule has 1 aliphatic rings. The van der Waals surface area contributed by atoms with E-state index in [1.54, 1.807) is 4.68 Å². The van der Waals surface area contributed by atoms with Crippen molar-refractivity contribution in [2.45, 2.75) is 59.4 Å². The molecule has 112 valence electrons. The molecular weight excluding hydrogens is 318 g/mol. The van der Waals surface area contributed by atoms with E-state index in [0.29, 0.717) is 0 Å². The van der Waals surface area contributed by atoms with E-state index in [9.17, 15) is 4.79 Å². The standard InChI is InChI=1S/C15H24BrN3O/c1-5-6-7-12-15(4,8-9-17-12)14(20)19-11(3)13(16)10(2)18-19/h12,17H,5-9H2,1-4H3/t12-,15+/m1/s1. The number of aromatic nitrogens is 2. The number of nitrogens with zero attached hydrogens (tertiary/aromatic N) is 2. The van der Waals surface area contributed by atoms with Gasteiger partial charge < -0.3 is 5.32 Å². The first kappa shape index (κ1) is 15.7. The van der Waals surface area contributed by atoms with Gasteiger partial charge in [0.25, 0.3) is 5.91 Å². The zero-order valence-corrected chi connectivity index (χ0v) is 14.4. The predicted octanol–water partition coefficient (Wildman–Crippen LogP) is 3.46. The van der Waals surface area contributed by atoms with Crippen LogP contribution in [-0.2, 0) is 0 Å². The van der Waals surface area contributed by atoms with Gasteiger partial charge in [-0.2, -0.15) is 5.10 Å². The lowest BCUT2D eigenvalue weighted by Crippen LogP contribution is -2.43. The molecule has 0 radical (unpaired) electrons. The summed E-state index contributed by atoms with van der Waals surface area (Å²) in [6.07, 6.45) is 4.25. The highest BCUT2D eigenvalue weighted by Crippen LogP contribution is 2.36. The fourth-order valence-corrected chi connectivity index (χ4v) is 3.30. The third-order valence-electron chi connectivity index (χ3n) is 4.53. The Balaban J connectivity index is 2.28. The van der Waals surface area contributed by atoms with Crippen LogP contribution in [0.5, 0.6) is 0 Å². The Morgan fingerprint density at radius 2 is 2.25 bits per heavy atom. The van der Waals surface area contributed by atoms with Crippen molar-refractivity contribution in [3.8, 4) is 0 Å². The molecule has 1 fully saturated rings. The first-order valence-corrected chi connectivity index (χ1v) is 8.21. The zero-order chi connectivity index (χ0) is 14.9. The lowest BCUT2D eigenvalue weighted by molar-refractivity contribution is 0.0671. The van der Waals surface area contributed by atoms with Gasteiger partial charge in [-0.05, 0) is 56.1 Å². The smallest absolute Gasteiger partial charge is 0.254 e. The minimum absolute atomic E-state index is 0.120. The fourth-order valence-electron chi connectivity index (χ4n) is 3.05. The lowest BCUT2D eigenvalue weighted by Gasteiger charge is -2.29. The second-order valence-corrected chi connectivity index (χ2v) is 6.81. The molecule has 1 saturated heterocycles. The number of carbonyl (C=O) groups excluding carboxylic acids is 1. The van der Waals surface area contributed by atoms with Crippen molar-refractivity contribution in [2.24, 2.45) is 5.41 Å². The summed E-state index contributed by atoms with van der Waals surface area (Å²) in [6.45, 7) is 9.04. The molecule has 0 bridgehead atoms. The molecule has 1 aromatic rings. The Morgan fingerprint density at radius 3 is 2.80 bits per heavy atom. The van der Waals surface area contributed by atoms with Crippen LogP contribution in [0.25, 0.3) is 0 Å². The van der Waals surface area contributed by atoms with Crippen LogP contribution in [-0.4, -0.2) is 28.3 Å². The quantitative estimate of drug-likeness (QED) is 0.912. The van der Waals surface area contributed by atoms with E-state index in [1.807, 2.05) is 13.8 Å². The molecule has 0 amide bonds. The summed E-state index contributed by atoms with van der Waals surface area (Å²) in [5.74, 6) is 0.120. The maximum Gasteiger partial charge on any atom is 0.254 e. The molecular formula is C15H24BrN3O. The maximum absolute atomic E-state index is 13.0. The van der Waals surface area contributed by atoms with Crippen molar-refractivity contribution in [3.63, 3.8) is 0 Å². The van der Waals surface area contributed by atoms with Crippen LogP contribution in [0.3, 0.4) is 0 Å². The molecule has 20 heavy (non-hydrogen) atoms. The van der Waals surface area contributed by atoms with Crippen molar-refractivity contribution >= 4 is 21.8 Å². The highest BCUT2D eigenvalue weighted by molar-refractivity contribution is 9.10. The molecule has 2 rings (SSSR count). The largest absolute Gasteiger partial charge is 0.313 e. The molecule has 1 N–H and O–H groups in total. The second-order valence-electron chi connectivity index (χ2n) is 6.02. The highest BCUT2D eigenvalue weighted by Gasteiger charge is 2.45. The van der Waals surface area contributed by atoms with Crippen LogP contribution < -0.4 is 5.32 Å². The van der Waals surface area contributed by atoms with Crippen LogP contribution in [0.4, 0.5) is 0 Å². The van der Waals surface area contributed by atoms with Crippen molar-refractivity contribution in [1.82, 2.24) is 15.1 Å². The molecule has 0 aromatic carbocycles. The molecule has 0 unspecified atom stereocenters. The Hall–Kier alpha value is -0.680. The first-order chi connectivity index (χ1) is 9.41. The zero-order valence-electron chi connectivity index (χ0n) is 12.8. The maximum atomic E-state index is 13.0. The Bertz CT molecular complexity index is 511. The summed E-state index contributed by atoms with van der Waals surface area (Å²) in [5.41, 5.74) is 1.42. The van der Waals surface area contributed by atoms with Crippen molar-refractivity contribution in [3.05, 3.63) is 15.9 Å². The van der Waals surface area contributed by atoms with Gasteiger partial charge in [0.1, 0.15) is 0 Å². The average molecular weight is 342 g/mol. The lowest BCUT2D eigenvalue weighted by atomic mass is 9.79. The van der Waals surface area contributed by atoms with E-state index >= 15 is 0 Å². The van der Waals surface area contributed by atoms with Gasteiger partial charge in [-0.3, -0.25) is 4.79 Å². The number of carbonyl (C=O) groups is 1. The number of rotatable bonds is 4. The number of halogens is 1. The average Bonchev–Trinajstić information content (AvgIpc) is 2.92. The van der Waals surface area contributed by atoms with Gasteiger partial charge in [0.05, 0.1) is 21.3 Å². The molecule has 0 spiro atoms. The van der Waals surface area contributed by atoms with E-state index in [-0.39, 0.29) is 17.4 Å². The van der Waals surface area contributed by atoms with Gasteiger partial charge in [0.15, 0.2) is 0 Å². The Kier molecular flexibility index (Phi) is 4.69. The van der Waals surface area contributed by atoms with E-state index in [4.69, 9.17) is 0 Å². The fraction of sp³-hybridized carbons (Fsp3) is 0.733. The summed E-state index contributed by atoms with van der Waals surface area (Å²) < 4.78 is 2.52. The molecule has 1 aliphatic heterocycles. The molecule has 2 heterocycles. The molecule has 2 atom stereocenters. The van der Waals surface area contributed by atoms with E-state index in [2.05, 4.69) is 40.2 Å². The monoisotopic (exact) mass is 341 g/mol. The Labute approximate surface area is 129 Å². The van der Waals surface area contributed by atoms with Crippen molar-refractivity contribution in [2.75, 3.05) is 6.54 Å². The van der Waals surface area contributed by atoms with Gasteiger partial charge >= 0.3 is 0 Å². The predicted molar refractivity (Wildman–Crippen MR) is 84.1 cm³/mol. The molecule has 0 aliphatic carbocycles. The summed E-state index contributed by atoms with van der Waals surface area (Å²) in [6, 6.07) is 0.262. The van der Waals surface area contributed by atoms with Gasteiger partial charge in [-0.1, -0.05) is 19.8 Å². The summed E-state index contributed by atoms with van der Waals surface area (Å²) in [4.78, 5) is 13.0. The minimum atomic E-state index is -0.349. The molecule has 4 nitrogen and oxygen atoms in total. The SMILES string of the molecule is CCCC[C@H]1NCC[C@]1(C)C(=O)n1nc(C)c(Br)c1C. The summed E-state index contributed by atoms with van der Waals surface area (Å²) in [7, 11) is 0. The summed E-state index contributed by atoms with van der Waals surface area (Å²) >= 11 is 3.50. The van der Waals surface area contributed by atoms with Gasteiger partial charge in [-0.15, -0.1) is 0 Å². The number of nitrogens with one attached hydrogen (secondary N) is 1. The second kappa shape index (κ2) is 5.98. The van der Waals surface area contributed by atoms with Gasteiger partial charge in [-0.25, -0.2) is 4.68 Å². The van der Waals surface area contributed by atoms with Crippen LogP contribution in [0, 0.1) is 19.3 Å². The third kappa shape index (κ3) is 2.58. The topological polar surface area (TPSA) is 46.9 Å². The van der Waals surface area contributed by atoms with Crippen LogP contribution in [0.1, 0.15) is 55.7 Å². The van der Waals surface area contributed by atoms with Crippen LogP contribution in [0.2, 0.25) is 0 Å². The van der Waals surface area contributed by atoms with Crippen LogP contribution >= 0.6 is 15.9 Å². The minimum Gasteiger partial charge on any atom is -0.313 e. The summed E-state index contributed by atoms with van der Waals surface area (Å²) in [5, 5.41) is 7.91. The Morgan fingerprint density at radius 1 is 1.55 bits per heavy atom. The third-order valence-corrected chi connectivity index (χ3v) is 5.68. The van der Waals surface area contributed by atoms with E-state index in [1.165, 1.54) is 0 Å².